The molecule has 0 saturated carbocycles. The number of carbonyl (C=O) groups is 2. The van der Waals surface area contributed by atoms with E-state index in [1.807, 2.05) is 0 Å². The van der Waals surface area contributed by atoms with Crippen molar-refractivity contribution in [3.05, 3.63) is 24.3 Å². The number of aliphatic hydroxyl groups excluding tert-OH is 2. The molecule has 0 heterocycles. The van der Waals surface area contributed by atoms with Crippen molar-refractivity contribution in [2.24, 2.45) is 0 Å². The molecule has 0 aromatic rings. The Morgan fingerprint density at radius 3 is 1.54 bits per heavy atom. The summed E-state index contributed by atoms with van der Waals surface area (Å²) in [5.41, 5.74) is 0. The fourth-order valence-corrected chi connectivity index (χ4v) is 5.65. The van der Waals surface area contributed by atoms with Crippen LogP contribution in [0.2, 0.25) is 0 Å². The predicted octanol–water partition coefficient (Wildman–Crippen LogP) is 9.05. The van der Waals surface area contributed by atoms with Crippen molar-refractivity contribution >= 4 is 19.8 Å². The largest absolute Gasteiger partial charge is 0.472 e. The van der Waals surface area contributed by atoms with Gasteiger partial charge in [0, 0.05) is 12.8 Å². The van der Waals surface area contributed by atoms with Gasteiger partial charge in [0.2, 0.25) is 0 Å². The third kappa shape index (κ3) is 33.0. The SMILES string of the molecule is CCCCC/C=C\CCCCCCCC(=O)OC[C@H](COP(=O)(O)OC[C@@H](O)CO)OC(=O)CCCCCCC/C=C\CCCCCC. The molecule has 0 rings (SSSR count). The Morgan fingerprint density at radius 1 is 0.604 bits per heavy atom. The Morgan fingerprint density at radius 2 is 1.02 bits per heavy atom. The summed E-state index contributed by atoms with van der Waals surface area (Å²) in [6.45, 7) is 2.30. The van der Waals surface area contributed by atoms with Gasteiger partial charge in [0.1, 0.15) is 12.7 Å². The Bertz CT molecular complexity index is 863. The average Bonchev–Trinajstić information content (AvgIpc) is 3.07. The number of hydrogen-bond donors (Lipinski definition) is 3. The minimum Gasteiger partial charge on any atom is -0.462 e. The summed E-state index contributed by atoms with van der Waals surface area (Å²) >= 11 is 0. The van der Waals surface area contributed by atoms with Gasteiger partial charge < -0.3 is 24.6 Å². The highest BCUT2D eigenvalue weighted by molar-refractivity contribution is 7.47. The summed E-state index contributed by atoms with van der Waals surface area (Å²) in [7, 11) is -4.61. The summed E-state index contributed by atoms with van der Waals surface area (Å²) in [4.78, 5) is 34.8. The van der Waals surface area contributed by atoms with Crippen LogP contribution in [0.15, 0.2) is 24.3 Å². The molecule has 11 heteroatoms. The molecule has 48 heavy (non-hydrogen) atoms. The highest BCUT2D eigenvalue weighted by Gasteiger charge is 2.27. The van der Waals surface area contributed by atoms with Crippen LogP contribution in [0, 0.1) is 0 Å². The van der Waals surface area contributed by atoms with Crippen LogP contribution in [0.3, 0.4) is 0 Å². The first kappa shape index (κ1) is 46.5. The molecule has 0 amide bonds. The Hall–Kier alpha value is -1.55. The Kier molecular flexibility index (Phi) is 32.8. The van der Waals surface area contributed by atoms with Crippen LogP contribution in [0.1, 0.15) is 162 Å². The van der Waals surface area contributed by atoms with Gasteiger partial charge in [-0.2, -0.15) is 0 Å². The first-order valence-corrected chi connectivity index (χ1v) is 20.3. The van der Waals surface area contributed by atoms with Crippen LogP contribution in [0.25, 0.3) is 0 Å². The topological polar surface area (TPSA) is 149 Å². The van der Waals surface area contributed by atoms with Crippen molar-refractivity contribution in [2.45, 2.75) is 174 Å². The van der Waals surface area contributed by atoms with Crippen molar-refractivity contribution in [1.82, 2.24) is 0 Å². The lowest BCUT2D eigenvalue weighted by Gasteiger charge is -2.20. The normalized spacial score (nSPS) is 14.4. The molecule has 10 nitrogen and oxygen atoms in total. The molecule has 0 radical (unpaired) electrons. The number of esters is 2. The molecule has 0 saturated heterocycles. The van der Waals surface area contributed by atoms with Gasteiger partial charge in [0.25, 0.3) is 0 Å². The standard InChI is InChI=1S/C37H69O10P/c1-3-5-7-9-11-13-15-17-19-21-23-25-27-29-37(41)47-35(33-46-48(42,43)45-31-34(39)30-38)32-44-36(40)28-26-24-22-20-18-16-14-12-10-8-6-4-2/h12-15,34-35,38-39H,3-11,16-33H2,1-2H3,(H,42,43)/b14-12-,15-13-/t34-,35+/m0/s1. The summed E-state index contributed by atoms with van der Waals surface area (Å²) < 4.78 is 32.5. The van der Waals surface area contributed by atoms with E-state index in [1.54, 1.807) is 0 Å². The molecule has 0 fully saturated rings. The molecule has 0 bridgehead atoms. The van der Waals surface area contributed by atoms with E-state index in [0.717, 1.165) is 77.0 Å². The molecule has 3 N–H and O–H groups in total. The van der Waals surface area contributed by atoms with E-state index in [-0.39, 0.29) is 19.4 Å². The molecular formula is C37H69O10P. The van der Waals surface area contributed by atoms with E-state index >= 15 is 0 Å². The molecule has 0 spiro atoms. The third-order valence-electron chi connectivity index (χ3n) is 7.83. The van der Waals surface area contributed by atoms with Crippen molar-refractivity contribution in [3.8, 4) is 0 Å². The van der Waals surface area contributed by atoms with Gasteiger partial charge in [0.05, 0.1) is 19.8 Å². The number of phosphoric acid groups is 1. The lowest BCUT2D eigenvalue weighted by Crippen LogP contribution is -2.29. The maximum absolute atomic E-state index is 12.5. The van der Waals surface area contributed by atoms with Crippen LogP contribution < -0.4 is 0 Å². The average molecular weight is 705 g/mol. The van der Waals surface area contributed by atoms with Gasteiger partial charge in [-0.25, -0.2) is 4.57 Å². The van der Waals surface area contributed by atoms with Crippen LogP contribution >= 0.6 is 7.82 Å². The number of ether oxygens (including phenoxy) is 2. The highest BCUT2D eigenvalue weighted by atomic mass is 31.2. The van der Waals surface area contributed by atoms with Crippen molar-refractivity contribution in [3.63, 3.8) is 0 Å². The number of carbonyl (C=O) groups excluding carboxylic acids is 2. The minimum absolute atomic E-state index is 0.173. The molecule has 0 aliphatic carbocycles. The summed E-state index contributed by atoms with van der Waals surface area (Å²) in [6, 6.07) is 0. The highest BCUT2D eigenvalue weighted by Crippen LogP contribution is 2.43. The zero-order chi connectivity index (χ0) is 35.6. The number of hydrogen-bond acceptors (Lipinski definition) is 9. The number of allylic oxidation sites excluding steroid dienone is 4. The van der Waals surface area contributed by atoms with E-state index in [4.69, 9.17) is 19.1 Å². The van der Waals surface area contributed by atoms with E-state index in [1.165, 1.54) is 44.9 Å². The van der Waals surface area contributed by atoms with Crippen LogP contribution in [0.5, 0.6) is 0 Å². The molecule has 0 aromatic heterocycles. The Balaban J connectivity index is 4.41. The maximum Gasteiger partial charge on any atom is 0.472 e. The summed E-state index contributed by atoms with van der Waals surface area (Å²) in [5, 5.41) is 18.2. The number of unbranched alkanes of at least 4 members (excludes halogenated alkanes) is 17. The van der Waals surface area contributed by atoms with Crippen molar-refractivity contribution in [1.29, 1.82) is 0 Å². The lowest BCUT2D eigenvalue weighted by atomic mass is 10.1. The summed E-state index contributed by atoms with van der Waals surface area (Å²) in [5.74, 6) is -0.947. The number of phosphoric ester groups is 1. The van der Waals surface area contributed by atoms with E-state index in [9.17, 15) is 24.2 Å². The lowest BCUT2D eigenvalue weighted by molar-refractivity contribution is -0.161. The number of rotatable bonds is 35. The van der Waals surface area contributed by atoms with E-state index in [0.29, 0.717) is 12.8 Å². The van der Waals surface area contributed by atoms with Crippen LogP contribution in [-0.2, 0) is 32.7 Å². The fourth-order valence-electron chi connectivity index (χ4n) is 4.86. The first-order chi connectivity index (χ1) is 23.2. The minimum atomic E-state index is -4.61. The quantitative estimate of drug-likeness (QED) is 0.0252. The first-order valence-electron chi connectivity index (χ1n) is 18.8. The fraction of sp³-hybridized carbons (Fsp3) is 0.838. The van der Waals surface area contributed by atoms with Crippen LogP contribution in [-0.4, -0.2) is 65.7 Å². The third-order valence-corrected chi connectivity index (χ3v) is 8.78. The van der Waals surface area contributed by atoms with Gasteiger partial charge >= 0.3 is 19.8 Å². The van der Waals surface area contributed by atoms with Crippen molar-refractivity contribution in [2.75, 3.05) is 26.4 Å². The zero-order valence-electron chi connectivity index (χ0n) is 30.2. The van der Waals surface area contributed by atoms with Crippen molar-refractivity contribution < 1.29 is 47.8 Å². The second-order valence-electron chi connectivity index (χ2n) is 12.6. The van der Waals surface area contributed by atoms with Crippen LogP contribution in [0.4, 0.5) is 0 Å². The van der Waals surface area contributed by atoms with E-state index in [2.05, 4.69) is 42.7 Å². The van der Waals surface area contributed by atoms with Gasteiger partial charge in [-0.05, 0) is 64.2 Å². The van der Waals surface area contributed by atoms with E-state index < -0.39 is 51.8 Å². The molecule has 282 valence electrons. The molecule has 0 aliphatic heterocycles. The molecule has 1 unspecified atom stereocenters. The van der Waals surface area contributed by atoms with Gasteiger partial charge in [-0.15, -0.1) is 0 Å². The zero-order valence-corrected chi connectivity index (χ0v) is 31.1. The molecular weight excluding hydrogens is 635 g/mol. The molecule has 3 atom stereocenters. The molecule has 0 aliphatic rings. The van der Waals surface area contributed by atoms with Gasteiger partial charge in [-0.1, -0.05) is 109 Å². The number of aliphatic hydroxyl groups is 2. The maximum atomic E-state index is 12.5. The smallest absolute Gasteiger partial charge is 0.462 e. The monoisotopic (exact) mass is 704 g/mol. The second kappa shape index (κ2) is 33.9. The second-order valence-corrected chi connectivity index (χ2v) is 14.0. The predicted molar refractivity (Wildman–Crippen MR) is 191 cm³/mol. The Labute approximate surface area is 291 Å². The van der Waals surface area contributed by atoms with Gasteiger partial charge in [-0.3, -0.25) is 18.6 Å². The van der Waals surface area contributed by atoms with Gasteiger partial charge in [0.15, 0.2) is 6.10 Å². The molecule has 0 aromatic carbocycles. The summed E-state index contributed by atoms with van der Waals surface area (Å²) in [6.07, 6.45) is 30.0.